The van der Waals surface area contributed by atoms with E-state index in [4.69, 9.17) is 9.68 Å². The normalized spacial score (nSPS) is 11.6. The van der Waals surface area contributed by atoms with E-state index in [-0.39, 0.29) is 0 Å². The highest BCUT2D eigenvalue weighted by Crippen LogP contribution is 2.30. The Morgan fingerprint density at radius 2 is 1.97 bits per heavy atom. The number of benzene rings is 2. The summed E-state index contributed by atoms with van der Waals surface area (Å²) in [6, 6.07) is 16.4. The Kier molecular flexibility index (Phi) is 7.56. The third-order valence-electron chi connectivity index (χ3n) is 4.22. The molecular formula is C22H25N5OS. The van der Waals surface area contributed by atoms with Crippen molar-refractivity contribution < 1.29 is 4.42 Å². The lowest BCUT2D eigenvalue weighted by Crippen LogP contribution is -2.37. The van der Waals surface area contributed by atoms with Gasteiger partial charge in [0.15, 0.2) is 5.09 Å². The standard InChI is InChI=1S/C22H25N5OS/c1-27(2)14-18-8-9-19-15-28-21(20(19)12-18)29-11-10-24-22(26-16-23)25-13-17-6-4-3-5-7-17/h3-9,12,15H,10-11,13-14H2,1-2H3,(H2,24,25,26). The molecule has 0 amide bonds. The van der Waals surface area contributed by atoms with E-state index in [9.17, 15) is 0 Å². The molecule has 0 saturated heterocycles. The van der Waals surface area contributed by atoms with E-state index in [1.807, 2.05) is 36.5 Å². The molecule has 0 bridgehead atoms. The number of aliphatic imine (C=N–C) groups is 1. The first kappa shape index (κ1) is 20.8. The van der Waals surface area contributed by atoms with Crippen LogP contribution in [0.5, 0.6) is 0 Å². The fourth-order valence-electron chi connectivity index (χ4n) is 2.93. The van der Waals surface area contributed by atoms with Crippen molar-refractivity contribution in [1.82, 2.24) is 15.5 Å². The third-order valence-corrected chi connectivity index (χ3v) is 5.21. The number of nitrogens with one attached hydrogen (secondary N) is 2. The molecule has 0 fully saturated rings. The monoisotopic (exact) mass is 407 g/mol. The zero-order chi connectivity index (χ0) is 20.5. The summed E-state index contributed by atoms with van der Waals surface area (Å²) < 4.78 is 5.76. The molecule has 2 aromatic carbocycles. The fourth-order valence-corrected chi connectivity index (χ4v) is 3.76. The van der Waals surface area contributed by atoms with Gasteiger partial charge >= 0.3 is 0 Å². The average molecular weight is 408 g/mol. The molecule has 0 atom stereocenters. The van der Waals surface area contributed by atoms with Crippen LogP contribution in [-0.4, -0.2) is 37.3 Å². The summed E-state index contributed by atoms with van der Waals surface area (Å²) in [5, 5.41) is 18.4. The number of nitrogens with zero attached hydrogens (tertiary/aromatic N) is 3. The number of hydrogen-bond donors (Lipinski definition) is 2. The molecule has 6 nitrogen and oxygen atoms in total. The van der Waals surface area contributed by atoms with Gasteiger partial charge in [0.1, 0.15) is 0 Å². The fraction of sp³-hybridized carbons (Fsp3) is 0.273. The van der Waals surface area contributed by atoms with Crippen molar-refractivity contribution in [3.63, 3.8) is 0 Å². The van der Waals surface area contributed by atoms with Gasteiger partial charge in [-0.1, -0.05) is 54.2 Å². The molecule has 29 heavy (non-hydrogen) atoms. The Labute approximate surface area is 175 Å². The van der Waals surface area contributed by atoms with Crippen molar-refractivity contribution in [2.45, 2.75) is 18.2 Å². The quantitative estimate of drug-likeness (QED) is 0.194. The van der Waals surface area contributed by atoms with Gasteiger partial charge in [-0.25, -0.2) is 0 Å². The highest BCUT2D eigenvalue weighted by Gasteiger charge is 2.09. The van der Waals surface area contributed by atoms with Gasteiger partial charge in [-0.2, -0.15) is 5.26 Å². The van der Waals surface area contributed by atoms with Crippen LogP contribution in [0.1, 0.15) is 11.1 Å². The Bertz CT molecular complexity index is 991. The lowest BCUT2D eigenvalue weighted by molar-refractivity contribution is 0.402. The summed E-state index contributed by atoms with van der Waals surface area (Å²) in [7, 11) is 4.13. The smallest absolute Gasteiger partial charge is 0.209 e. The van der Waals surface area contributed by atoms with Gasteiger partial charge < -0.3 is 20.0 Å². The lowest BCUT2D eigenvalue weighted by atomic mass is 10.1. The van der Waals surface area contributed by atoms with Crippen LogP contribution in [0.15, 0.2) is 69.3 Å². The molecule has 0 radical (unpaired) electrons. The number of hydrogen-bond acceptors (Lipinski definition) is 5. The van der Waals surface area contributed by atoms with Gasteiger partial charge in [-0.3, -0.25) is 0 Å². The van der Waals surface area contributed by atoms with E-state index in [0.717, 1.165) is 33.7 Å². The van der Waals surface area contributed by atoms with Crippen molar-refractivity contribution >= 4 is 28.5 Å². The molecule has 0 unspecified atom stereocenters. The number of guanidine groups is 1. The molecule has 7 heteroatoms. The Hall–Kier alpha value is -2.95. The number of thioether (sulfide) groups is 1. The van der Waals surface area contributed by atoms with Gasteiger partial charge in [0, 0.05) is 36.2 Å². The molecule has 0 aliphatic carbocycles. The molecule has 150 valence electrons. The average Bonchev–Trinajstić information content (AvgIpc) is 3.12. The third kappa shape index (κ3) is 6.28. The maximum atomic E-state index is 8.91. The number of fused-ring (bicyclic) bond motifs is 1. The summed E-state index contributed by atoms with van der Waals surface area (Å²) in [5.41, 5.74) is 2.39. The summed E-state index contributed by atoms with van der Waals surface area (Å²) >= 11 is 1.65. The predicted molar refractivity (Wildman–Crippen MR) is 119 cm³/mol. The van der Waals surface area contributed by atoms with E-state index < -0.39 is 0 Å². The number of rotatable bonds is 8. The molecule has 0 aliphatic heterocycles. The molecule has 1 aromatic heterocycles. The maximum absolute atomic E-state index is 8.91. The van der Waals surface area contributed by atoms with Crippen molar-refractivity contribution in [3.05, 3.63) is 65.9 Å². The Balaban J connectivity index is 1.52. The van der Waals surface area contributed by atoms with E-state index in [0.29, 0.717) is 19.0 Å². The number of furan rings is 1. The highest BCUT2D eigenvalue weighted by atomic mass is 32.2. The summed E-state index contributed by atoms with van der Waals surface area (Å²) in [4.78, 5) is 5.97. The lowest BCUT2D eigenvalue weighted by Gasteiger charge is -2.11. The molecule has 0 aliphatic rings. The zero-order valence-electron chi connectivity index (χ0n) is 16.7. The first-order valence-electron chi connectivity index (χ1n) is 9.42. The maximum Gasteiger partial charge on any atom is 0.209 e. The molecule has 1 heterocycles. The van der Waals surface area contributed by atoms with Crippen LogP contribution in [0.25, 0.3) is 10.8 Å². The van der Waals surface area contributed by atoms with Crippen molar-refractivity contribution in [3.8, 4) is 6.19 Å². The van der Waals surface area contributed by atoms with Crippen LogP contribution in [-0.2, 0) is 13.1 Å². The Morgan fingerprint density at radius 1 is 1.14 bits per heavy atom. The number of nitriles is 1. The molecule has 3 rings (SSSR count). The molecular weight excluding hydrogens is 382 g/mol. The van der Waals surface area contributed by atoms with Crippen LogP contribution in [0.4, 0.5) is 0 Å². The van der Waals surface area contributed by atoms with Crippen LogP contribution in [0.3, 0.4) is 0 Å². The summed E-state index contributed by atoms with van der Waals surface area (Å²) in [6.07, 6.45) is 3.64. The minimum Gasteiger partial charge on any atom is -0.457 e. The Morgan fingerprint density at radius 3 is 2.72 bits per heavy atom. The minimum atomic E-state index is 0.481. The van der Waals surface area contributed by atoms with Crippen molar-refractivity contribution in [1.29, 1.82) is 5.26 Å². The van der Waals surface area contributed by atoms with Crippen molar-refractivity contribution in [2.75, 3.05) is 26.4 Å². The molecule has 3 aromatic rings. The van der Waals surface area contributed by atoms with Gasteiger partial charge in [-0.15, -0.1) is 4.99 Å². The predicted octanol–water partition coefficient (Wildman–Crippen LogP) is 3.80. The second kappa shape index (κ2) is 10.6. The van der Waals surface area contributed by atoms with E-state index in [1.165, 1.54) is 5.56 Å². The van der Waals surface area contributed by atoms with Crippen LogP contribution >= 0.6 is 11.8 Å². The van der Waals surface area contributed by atoms with Gasteiger partial charge in [0.2, 0.25) is 12.2 Å². The highest BCUT2D eigenvalue weighted by molar-refractivity contribution is 7.99. The topological polar surface area (TPSA) is 76.6 Å². The van der Waals surface area contributed by atoms with Gasteiger partial charge in [-0.05, 0) is 31.3 Å². The zero-order valence-corrected chi connectivity index (χ0v) is 17.5. The van der Waals surface area contributed by atoms with Crippen molar-refractivity contribution in [2.24, 2.45) is 4.99 Å². The molecule has 0 saturated carbocycles. The van der Waals surface area contributed by atoms with Crippen LogP contribution in [0.2, 0.25) is 0 Å². The van der Waals surface area contributed by atoms with Crippen LogP contribution in [0, 0.1) is 11.5 Å². The van der Waals surface area contributed by atoms with Crippen LogP contribution < -0.4 is 10.6 Å². The minimum absolute atomic E-state index is 0.481. The second-order valence-electron chi connectivity index (χ2n) is 6.86. The van der Waals surface area contributed by atoms with E-state index in [1.54, 1.807) is 18.0 Å². The second-order valence-corrected chi connectivity index (χ2v) is 7.93. The van der Waals surface area contributed by atoms with Gasteiger partial charge in [0.05, 0.1) is 6.26 Å². The largest absolute Gasteiger partial charge is 0.457 e. The first-order valence-corrected chi connectivity index (χ1v) is 10.4. The summed E-state index contributed by atoms with van der Waals surface area (Å²) in [6.45, 7) is 2.17. The first-order chi connectivity index (χ1) is 14.2. The van der Waals surface area contributed by atoms with E-state index >= 15 is 0 Å². The molecule has 2 N–H and O–H groups in total. The summed E-state index contributed by atoms with van der Waals surface area (Å²) in [5.74, 6) is 1.27. The van der Waals surface area contributed by atoms with E-state index in [2.05, 4.69) is 52.8 Å². The van der Waals surface area contributed by atoms with Gasteiger partial charge in [0.25, 0.3) is 0 Å². The SMILES string of the molecule is CN(C)Cc1ccc2coc(SCCNC(=NC#N)NCc3ccccc3)c2c1. The molecule has 0 spiro atoms.